The first-order valence-electron chi connectivity index (χ1n) is 6.73. The Hall–Kier alpha value is -1.67. The second-order valence-corrected chi connectivity index (χ2v) is 7.25. The van der Waals surface area contributed by atoms with Gasteiger partial charge < -0.3 is 10.2 Å². The van der Waals surface area contributed by atoms with E-state index in [0.717, 1.165) is 32.2 Å². The molecule has 8 heteroatoms. The van der Waals surface area contributed by atoms with Gasteiger partial charge in [-0.15, -0.1) is 0 Å². The number of piperidine rings is 1. The number of rotatable bonds is 4. The molecule has 0 aromatic heterocycles. The van der Waals surface area contributed by atoms with Crippen LogP contribution in [0.4, 0.5) is 11.4 Å². The molecule has 1 aliphatic rings. The summed E-state index contributed by atoms with van der Waals surface area (Å²) in [5.41, 5.74) is 0.00435. The molecule has 0 bridgehead atoms. The van der Waals surface area contributed by atoms with E-state index in [1.807, 2.05) is 0 Å². The molecule has 0 radical (unpaired) electrons. The van der Waals surface area contributed by atoms with Gasteiger partial charge in [-0.1, -0.05) is 6.07 Å². The minimum atomic E-state index is -3.65. The van der Waals surface area contributed by atoms with Gasteiger partial charge in [-0.05, 0) is 31.5 Å². The molecule has 1 N–H and O–H groups in total. The Morgan fingerprint density at radius 1 is 1.43 bits per heavy atom. The van der Waals surface area contributed by atoms with E-state index in [1.165, 1.54) is 6.07 Å². The van der Waals surface area contributed by atoms with Gasteiger partial charge in [-0.2, -0.15) is 0 Å². The first-order chi connectivity index (χ1) is 9.82. The number of nitro groups is 1. The van der Waals surface area contributed by atoms with Crippen LogP contribution in [0.2, 0.25) is 0 Å². The van der Waals surface area contributed by atoms with Gasteiger partial charge in [0.05, 0.1) is 4.92 Å². The number of nitro benzene ring substituents is 1. The molecule has 1 heterocycles. The van der Waals surface area contributed by atoms with Crippen LogP contribution in [0.1, 0.15) is 12.8 Å². The minimum Gasteiger partial charge on any atom is -0.365 e. The van der Waals surface area contributed by atoms with Crippen molar-refractivity contribution in [3.63, 3.8) is 0 Å². The zero-order valence-corrected chi connectivity index (χ0v) is 12.9. The van der Waals surface area contributed by atoms with Crippen LogP contribution in [0.5, 0.6) is 0 Å². The number of nitrogens with zero attached hydrogens (tertiary/aromatic N) is 2. The van der Waals surface area contributed by atoms with Crippen LogP contribution in [0, 0.1) is 10.1 Å². The van der Waals surface area contributed by atoms with Crippen molar-refractivity contribution in [3.05, 3.63) is 28.3 Å². The minimum absolute atomic E-state index is 0.118. The van der Waals surface area contributed by atoms with E-state index < -0.39 is 14.8 Å². The Morgan fingerprint density at radius 3 is 2.67 bits per heavy atom. The van der Waals surface area contributed by atoms with E-state index in [0.29, 0.717) is 5.69 Å². The molecule has 116 valence electrons. The molecular weight excluding hydrogens is 294 g/mol. The van der Waals surface area contributed by atoms with Crippen LogP contribution in [-0.2, 0) is 9.84 Å². The summed E-state index contributed by atoms with van der Waals surface area (Å²) < 4.78 is 23.5. The molecule has 7 nitrogen and oxygen atoms in total. The molecule has 1 aliphatic heterocycles. The standard InChI is InChI=1S/C13H19N3O4S/c1-15(10-5-4-8-14-9-10)11-6-3-7-12(21(2,19)20)13(11)16(17)18/h3,6-7,10,14H,4-5,8-9H2,1-2H3. The number of likely N-dealkylation sites (N-methyl/N-ethyl adjacent to an activating group) is 1. The van der Waals surface area contributed by atoms with Crippen LogP contribution in [0.3, 0.4) is 0 Å². The topological polar surface area (TPSA) is 92.5 Å². The Balaban J connectivity index is 2.50. The maximum atomic E-state index is 11.8. The van der Waals surface area contributed by atoms with Crippen LogP contribution in [0.15, 0.2) is 23.1 Å². The van der Waals surface area contributed by atoms with E-state index in [4.69, 9.17) is 0 Å². The van der Waals surface area contributed by atoms with Crippen molar-refractivity contribution in [1.82, 2.24) is 5.32 Å². The number of anilines is 1. The first kappa shape index (κ1) is 15.7. The predicted molar refractivity (Wildman–Crippen MR) is 80.5 cm³/mol. The summed E-state index contributed by atoms with van der Waals surface area (Å²) in [6.45, 7) is 1.67. The number of benzene rings is 1. The Morgan fingerprint density at radius 2 is 2.14 bits per heavy atom. The third-order valence-electron chi connectivity index (χ3n) is 3.76. The highest BCUT2D eigenvalue weighted by Crippen LogP contribution is 2.35. The molecule has 0 aliphatic carbocycles. The van der Waals surface area contributed by atoms with Gasteiger partial charge in [0.15, 0.2) is 9.84 Å². The highest BCUT2D eigenvalue weighted by atomic mass is 32.2. The molecule has 1 saturated heterocycles. The van der Waals surface area contributed by atoms with E-state index in [-0.39, 0.29) is 16.6 Å². The largest absolute Gasteiger partial charge is 0.365 e. The van der Waals surface area contributed by atoms with Crippen LogP contribution in [-0.4, -0.2) is 45.8 Å². The average Bonchev–Trinajstić information content (AvgIpc) is 2.45. The van der Waals surface area contributed by atoms with Gasteiger partial charge in [-0.25, -0.2) is 8.42 Å². The zero-order chi connectivity index (χ0) is 15.6. The molecule has 1 aromatic carbocycles. The Kier molecular flexibility index (Phi) is 4.48. The Labute approximate surface area is 124 Å². The summed E-state index contributed by atoms with van der Waals surface area (Å²) >= 11 is 0. The van der Waals surface area contributed by atoms with Crippen molar-refractivity contribution in [2.75, 3.05) is 31.3 Å². The molecule has 0 amide bonds. The first-order valence-corrected chi connectivity index (χ1v) is 8.62. The van der Waals surface area contributed by atoms with Crippen molar-refractivity contribution in [2.45, 2.75) is 23.8 Å². The van der Waals surface area contributed by atoms with Gasteiger partial charge in [0, 0.05) is 25.9 Å². The molecule has 21 heavy (non-hydrogen) atoms. The van der Waals surface area contributed by atoms with Crippen LogP contribution >= 0.6 is 0 Å². The van der Waals surface area contributed by atoms with E-state index >= 15 is 0 Å². The van der Waals surface area contributed by atoms with Crippen LogP contribution in [0.25, 0.3) is 0 Å². The smallest absolute Gasteiger partial charge is 0.311 e. The highest BCUT2D eigenvalue weighted by Gasteiger charge is 2.30. The van der Waals surface area contributed by atoms with E-state index in [9.17, 15) is 18.5 Å². The second-order valence-electron chi connectivity index (χ2n) is 5.26. The van der Waals surface area contributed by atoms with Crippen molar-refractivity contribution in [3.8, 4) is 0 Å². The molecule has 1 aromatic rings. The lowest BCUT2D eigenvalue weighted by Gasteiger charge is -2.33. The van der Waals surface area contributed by atoms with Crippen LogP contribution < -0.4 is 10.2 Å². The number of para-hydroxylation sites is 1. The summed E-state index contributed by atoms with van der Waals surface area (Å²) in [6.07, 6.45) is 2.90. The summed E-state index contributed by atoms with van der Waals surface area (Å²) in [4.78, 5) is 12.3. The summed E-state index contributed by atoms with van der Waals surface area (Å²) in [6, 6.07) is 4.55. The number of sulfone groups is 1. The molecular formula is C13H19N3O4S. The molecule has 0 spiro atoms. The van der Waals surface area contributed by atoms with Crippen molar-refractivity contribution in [1.29, 1.82) is 0 Å². The van der Waals surface area contributed by atoms with Crippen molar-refractivity contribution < 1.29 is 13.3 Å². The zero-order valence-electron chi connectivity index (χ0n) is 12.1. The Bertz CT molecular complexity index is 639. The van der Waals surface area contributed by atoms with Gasteiger partial charge in [0.1, 0.15) is 10.6 Å². The predicted octanol–water partition coefficient (Wildman–Crippen LogP) is 1.19. The maximum absolute atomic E-state index is 11.8. The second kappa shape index (κ2) is 5.98. The third-order valence-corrected chi connectivity index (χ3v) is 4.89. The summed E-state index contributed by atoms with van der Waals surface area (Å²) in [5.74, 6) is 0. The number of hydrogen-bond donors (Lipinski definition) is 1. The normalized spacial score (nSPS) is 19.2. The lowest BCUT2D eigenvalue weighted by atomic mass is 10.1. The average molecular weight is 313 g/mol. The lowest BCUT2D eigenvalue weighted by Crippen LogP contribution is -2.44. The van der Waals surface area contributed by atoms with Gasteiger partial charge in [-0.3, -0.25) is 10.1 Å². The monoisotopic (exact) mass is 313 g/mol. The fraction of sp³-hybridized carbons (Fsp3) is 0.538. The maximum Gasteiger partial charge on any atom is 0.311 e. The van der Waals surface area contributed by atoms with Crippen molar-refractivity contribution >= 4 is 21.2 Å². The van der Waals surface area contributed by atoms with E-state index in [2.05, 4.69) is 5.32 Å². The fourth-order valence-electron chi connectivity index (χ4n) is 2.64. The van der Waals surface area contributed by atoms with Gasteiger partial charge in [0.2, 0.25) is 0 Å². The molecule has 0 saturated carbocycles. The summed E-state index contributed by atoms with van der Waals surface area (Å²) in [7, 11) is -1.88. The highest BCUT2D eigenvalue weighted by molar-refractivity contribution is 7.90. The quantitative estimate of drug-likeness (QED) is 0.663. The van der Waals surface area contributed by atoms with E-state index in [1.54, 1.807) is 24.1 Å². The van der Waals surface area contributed by atoms with Gasteiger partial charge >= 0.3 is 5.69 Å². The molecule has 2 rings (SSSR count). The SMILES string of the molecule is CN(c1cccc(S(C)(=O)=O)c1[N+](=O)[O-])C1CCCNC1. The number of hydrogen-bond acceptors (Lipinski definition) is 6. The summed E-state index contributed by atoms with van der Waals surface area (Å²) in [5, 5.41) is 14.6. The molecule has 1 atom stereocenters. The molecule has 1 fully saturated rings. The molecule has 1 unspecified atom stereocenters. The third kappa shape index (κ3) is 3.33. The van der Waals surface area contributed by atoms with Crippen molar-refractivity contribution in [2.24, 2.45) is 0 Å². The number of nitrogens with one attached hydrogen (secondary N) is 1. The van der Waals surface area contributed by atoms with Gasteiger partial charge in [0.25, 0.3) is 0 Å². The lowest BCUT2D eigenvalue weighted by molar-refractivity contribution is -0.387. The fourth-order valence-corrected chi connectivity index (χ4v) is 3.49.